The lowest BCUT2D eigenvalue weighted by atomic mass is 10.0. The normalized spacial score (nSPS) is 16.9. The monoisotopic (exact) mass is 277 g/mol. The molecule has 108 valence electrons. The number of hydrogen-bond acceptors (Lipinski definition) is 5. The Kier molecular flexibility index (Phi) is 4.34. The van der Waals surface area contributed by atoms with E-state index in [4.69, 9.17) is 0 Å². The van der Waals surface area contributed by atoms with Gasteiger partial charge >= 0.3 is 0 Å². The Bertz CT molecular complexity index is 510. The number of rotatable bonds is 4. The van der Waals surface area contributed by atoms with Crippen LogP contribution in [0.15, 0.2) is 18.2 Å². The lowest BCUT2D eigenvalue weighted by Crippen LogP contribution is -2.42. The number of piperidine rings is 1. The lowest BCUT2D eigenvalue weighted by molar-refractivity contribution is -0.384. The molecule has 0 bridgehead atoms. The minimum atomic E-state index is -0.480. The second kappa shape index (κ2) is 6.00. The molecule has 2 rings (SSSR count). The largest absolute Gasteiger partial charge is 0.371 e. The second-order valence-corrected chi connectivity index (χ2v) is 5.26. The Morgan fingerprint density at radius 2 is 2.05 bits per heavy atom. The van der Waals surface area contributed by atoms with Crippen LogP contribution in [0.3, 0.4) is 0 Å². The van der Waals surface area contributed by atoms with Gasteiger partial charge in [-0.1, -0.05) is 0 Å². The number of carbonyl (C=O) groups is 1. The van der Waals surface area contributed by atoms with Crippen LogP contribution in [0.5, 0.6) is 0 Å². The summed E-state index contributed by atoms with van der Waals surface area (Å²) in [6.07, 6.45) is 2.75. The molecule has 1 saturated heterocycles. The fourth-order valence-corrected chi connectivity index (χ4v) is 2.65. The third kappa shape index (κ3) is 2.96. The zero-order valence-electron chi connectivity index (χ0n) is 11.8. The third-order valence-electron chi connectivity index (χ3n) is 3.96. The molecule has 0 unspecified atom stereocenters. The number of nitro benzene ring substituents is 1. The molecule has 1 fully saturated rings. The number of nitro groups is 1. The van der Waals surface area contributed by atoms with Gasteiger partial charge < -0.3 is 9.80 Å². The third-order valence-corrected chi connectivity index (χ3v) is 3.96. The molecule has 0 aromatic heterocycles. The van der Waals surface area contributed by atoms with Gasteiger partial charge in [0.25, 0.3) is 5.69 Å². The first kappa shape index (κ1) is 14.5. The molecule has 0 spiro atoms. The van der Waals surface area contributed by atoms with Gasteiger partial charge in [-0.3, -0.25) is 14.9 Å². The summed E-state index contributed by atoms with van der Waals surface area (Å²) in [4.78, 5) is 25.8. The average molecular weight is 277 g/mol. The van der Waals surface area contributed by atoms with Gasteiger partial charge in [-0.25, -0.2) is 0 Å². The summed E-state index contributed by atoms with van der Waals surface area (Å²) < 4.78 is 0. The lowest BCUT2D eigenvalue weighted by Gasteiger charge is -2.36. The van der Waals surface area contributed by atoms with Crippen LogP contribution in [0.25, 0.3) is 0 Å². The van der Waals surface area contributed by atoms with E-state index in [2.05, 4.69) is 16.8 Å². The standard InChI is InChI=1S/C14H19N3O3/c1-15-7-5-12(6-8-15)16(2)14-4-3-13(17(19)20)9-11(14)10-18/h3-4,9-10,12H,5-8H2,1-2H3. The van der Waals surface area contributed by atoms with Crippen LogP contribution in [0.4, 0.5) is 11.4 Å². The molecule has 0 atom stereocenters. The molecule has 1 aliphatic rings. The average Bonchev–Trinajstić information content (AvgIpc) is 2.46. The highest BCUT2D eigenvalue weighted by atomic mass is 16.6. The highest BCUT2D eigenvalue weighted by Gasteiger charge is 2.23. The number of hydrogen-bond donors (Lipinski definition) is 0. The van der Waals surface area contributed by atoms with E-state index in [1.54, 1.807) is 6.07 Å². The van der Waals surface area contributed by atoms with Crippen molar-refractivity contribution in [1.29, 1.82) is 0 Å². The molecular weight excluding hydrogens is 258 g/mol. The van der Waals surface area contributed by atoms with Crippen molar-refractivity contribution in [1.82, 2.24) is 4.90 Å². The maximum atomic E-state index is 11.2. The van der Waals surface area contributed by atoms with Crippen LogP contribution in [0.2, 0.25) is 0 Å². The molecule has 20 heavy (non-hydrogen) atoms. The van der Waals surface area contributed by atoms with Gasteiger partial charge in [0, 0.05) is 36.5 Å². The summed E-state index contributed by atoms with van der Waals surface area (Å²) in [6.45, 7) is 2.05. The van der Waals surface area contributed by atoms with E-state index < -0.39 is 4.92 Å². The van der Waals surface area contributed by atoms with Crippen LogP contribution in [0.1, 0.15) is 23.2 Å². The maximum absolute atomic E-state index is 11.2. The minimum absolute atomic E-state index is 0.0485. The van der Waals surface area contributed by atoms with E-state index in [0.29, 0.717) is 17.9 Å². The van der Waals surface area contributed by atoms with E-state index in [9.17, 15) is 14.9 Å². The van der Waals surface area contributed by atoms with Crippen LogP contribution in [-0.4, -0.2) is 49.3 Å². The van der Waals surface area contributed by atoms with E-state index in [1.165, 1.54) is 12.1 Å². The summed E-state index contributed by atoms with van der Waals surface area (Å²) in [5.41, 5.74) is 1.09. The van der Waals surface area contributed by atoms with Crippen molar-refractivity contribution >= 4 is 17.7 Å². The van der Waals surface area contributed by atoms with Gasteiger partial charge in [0.05, 0.1) is 4.92 Å². The van der Waals surface area contributed by atoms with Gasteiger partial charge in [0.1, 0.15) is 0 Å². The molecule has 1 aromatic rings. The minimum Gasteiger partial charge on any atom is -0.371 e. The molecule has 6 nitrogen and oxygen atoms in total. The van der Waals surface area contributed by atoms with Gasteiger partial charge in [0.2, 0.25) is 0 Å². The van der Waals surface area contributed by atoms with E-state index in [1.807, 2.05) is 7.05 Å². The molecular formula is C14H19N3O3. The number of anilines is 1. The van der Waals surface area contributed by atoms with E-state index in [-0.39, 0.29) is 5.69 Å². The zero-order chi connectivity index (χ0) is 14.7. The highest BCUT2D eigenvalue weighted by Crippen LogP contribution is 2.27. The Morgan fingerprint density at radius 3 is 2.60 bits per heavy atom. The quantitative estimate of drug-likeness (QED) is 0.478. The van der Waals surface area contributed by atoms with Gasteiger partial charge in [0.15, 0.2) is 6.29 Å². The number of aldehydes is 1. The highest BCUT2D eigenvalue weighted by molar-refractivity contribution is 5.86. The Labute approximate surface area is 118 Å². The maximum Gasteiger partial charge on any atom is 0.270 e. The summed E-state index contributed by atoms with van der Waals surface area (Å²) in [7, 11) is 4.04. The van der Waals surface area contributed by atoms with Crippen molar-refractivity contribution in [3.63, 3.8) is 0 Å². The smallest absolute Gasteiger partial charge is 0.270 e. The van der Waals surface area contributed by atoms with Crippen molar-refractivity contribution in [2.45, 2.75) is 18.9 Å². The Morgan fingerprint density at radius 1 is 1.40 bits per heavy atom. The number of nitrogens with zero attached hydrogens (tertiary/aromatic N) is 3. The summed E-state index contributed by atoms with van der Waals surface area (Å²) in [5, 5.41) is 10.8. The van der Waals surface area contributed by atoms with Gasteiger partial charge in [-0.2, -0.15) is 0 Å². The number of benzene rings is 1. The molecule has 0 saturated carbocycles. The fraction of sp³-hybridized carbons (Fsp3) is 0.500. The van der Waals surface area contributed by atoms with Gasteiger partial charge in [-0.15, -0.1) is 0 Å². The van der Waals surface area contributed by atoms with Crippen molar-refractivity contribution < 1.29 is 9.72 Å². The first-order valence-electron chi connectivity index (χ1n) is 6.68. The predicted molar refractivity (Wildman–Crippen MR) is 77.4 cm³/mol. The molecule has 6 heteroatoms. The molecule has 1 aliphatic heterocycles. The molecule has 0 aliphatic carbocycles. The Balaban J connectivity index is 2.23. The van der Waals surface area contributed by atoms with Crippen molar-refractivity contribution in [2.75, 3.05) is 32.1 Å². The summed E-state index contributed by atoms with van der Waals surface area (Å²) in [6, 6.07) is 4.83. The number of carbonyl (C=O) groups excluding carboxylic acids is 1. The SMILES string of the molecule is CN1CCC(N(C)c2ccc([N+](=O)[O-])cc2C=O)CC1. The van der Waals surface area contributed by atoms with Crippen LogP contribution < -0.4 is 4.90 Å². The van der Waals surface area contributed by atoms with Crippen molar-refractivity contribution in [3.05, 3.63) is 33.9 Å². The topological polar surface area (TPSA) is 66.7 Å². The van der Waals surface area contributed by atoms with Crippen molar-refractivity contribution in [3.8, 4) is 0 Å². The van der Waals surface area contributed by atoms with Crippen molar-refractivity contribution in [2.24, 2.45) is 0 Å². The molecule has 1 aromatic carbocycles. The zero-order valence-corrected chi connectivity index (χ0v) is 11.8. The predicted octanol–water partition coefficient (Wildman–Crippen LogP) is 1.94. The molecule has 1 heterocycles. The molecule has 0 N–H and O–H groups in total. The fourth-order valence-electron chi connectivity index (χ4n) is 2.65. The van der Waals surface area contributed by atoms with Crippen LogP contribution in [0, 0.1) is 10.1 Å². The van der Waals surface area contributed by atoms with E-state index in [0.717, 1.165) is 31.6 Å². The number of likely N-dealkylation sites (tertiary alicyclic amines) is 1. The first-order chi connectivity index (χ1) is 9.52. The summed E-state index contributed by atoms with van der Waals surface area (Å²) in [5.74, 6) is 0. The molecule has 0 amide bonds. The summed E-state index contributed by atoms with van der Waals surface area (Å²) >= 11 is 0. The second-order valence-electron chi connectivity index (χ2n) is 5.26. The molecule has 0 radical (unpaired) electrons. The van der Waals surface area contributed by atoms with Crippen LogP contribution >= 0.6 is 0 Å². The Hall–Kier alpha value is -1.95. The number of non-ortho nitro benzene ring substituents is 1. The van der Waals surface area contributed by atoms with Crippen LogP contribution in [-0.2, 0) is 0 Å². The van der Waals surface area contributed by atoms with Gasteiger partial charge in [-0.05, 0) is 39.0 Å². The van der Waals surface area contributed by atoms with E-state index >= 15 is 0 Å². The first-order valence-corrected chi connectivity index (χ1v) is 6.68.